The number of carbonyl (C=O) groups is 1. The summed E-state index contributed by atoms with van der Waals surface area (Å²) >= 11 is 1.70. The molecule has 0 aliphatic heterocycles. The minimum Gasteiger partial charge on any atom is -0.354 e. The van der Waals surface area contributed by atoms with E-state index in [-0.39, 0.29) is 36.8 Å². The minimum absolute atomic E-state index is 0. The summed E-state index contributed by atoms with van der Waals surface area (Å²) in [4.78, 5) is 17.6. The second-order valence-electron chi connectivity index (χ2n) is 6.95. The number of benzene rings is 1. The van der Waals surface area contributed by atoms with Gasteiger partial charge in [0.05, 0.1) is 20.6 Å². The molecule has 1 amide bonds. The molecule has 1 aromatic carbocycles. The molecule has 1 heterocycles. The number of hydrogen-bond acceptors (Lipinski definition) is 4. The van der Waals surface area contributed by atoms with Crippen LogP contribution in [0.2, 0.25) is 0 Å². The van der Waals surface area contributed by atoms with Crippen LogP contribution in [0, 0.1) is 11.3 Å². The summed E-state index contributed by atoms with van der Waals surface area (Å²) in [5, 5.41) is 4.16. The Labute approximate surface area is 172 Å². The fourth-order valence-electron chi connectivity index (χ4n) is 3.28. The number of thiazole rings is 1. The summed E-state index contributed by atoms with van der Waals surface area (Å²) in [6, 6.07) is 8.25. The van der Waals surface area contributed by atoms with Crippen LogP contribution in [0.1, 0.15) is 44.5 Å². The van der Waals surface area contributed by atoms with E-state index in [0.717, 1.165) is 23.4 Å². The molecule has 0 saturated heterocycles. The fraction of sp³-hybridized carbons (Fsp3) is 0.579. The molecular weight excluding hydrogens is 389 g/mol. The first kappa shape index (κ1) is 23.2. The quantitative estimate of drug-likeness (QED) is 0.670. The Morgan fingerprint density at radius 3 is 2.54 bits per heavy atom. The van der Waals surface area contributed by atoms with Gasteiger partial charge in [-0.2, -0.15) is 0 Å². The van der Waals surface area contributed by atoms with E-state index in [1.54, 1.807) is 11.3 Å². The molecule has 3 rings (SSSR count). The average Bonchev–Trinajstić information content (AvgIpc) is 3.37. The minimum atomic E-state index is -0.392. The van der Waals surface area contributed by atoms with Gasteiger partial charge in [-0.05, 0) is 43.7 Å². The Balaban J connectivity index is 0.00000169. The molecule has 1 aliphatic rings. The van der Waals surface area contributed by atoms with E-state index in [9.17, 15) is 4.79 Å². The van der Waals surface area contributed by atoms with Crippen LogP contribution in [0.25, 0.3) is 10.2 Å². The molecule has 3 N–H and O–H groups in total. The number of nitrogens with one attached hydrogen (secondary N) is 1. The number of amides is 1. The smallest absolute Gasteiger partial charge is 0.226 e. The molecule has 2 aromatic rings. The third kappa shape index (κ3) is 5.10. The van der Waals surface area contributed by atoms with E-state index in [2.05, 4.69) is 25.2 Å². The molecule has 0 bridgehead atoms. The molecule has 1 aromatic heterocycles. The summed E-state index contributed by atoms with van der Waals surface area (Å²) in [7, 11) is 0. The highest BCUT2D eigenvalue weighted by Gasteiger charge is 2.37. The van der Waals surface area contributed by atoms with Gasteiger partial charge in [0.1, 0.15) is 0 Å². The molecule has 1 saturated carbocycles. The number of hydrogen-bond donors (Lipinski definition) is 2. The number of carbonyl (C=O) groups excluding carboxylic acids is 1. The van der Waals surface area contributed by atoms with Gasteiger partial charge in [0.2, 0.25) is 5.91 Å². The second kappa shape index (κ2) is 9.88. The third-order valence-corrected chi connectivity index (χ3v) is 6.43. The van der Waals surface area contributed by atoms with E-state index in [1.807, 2.05) is 18.2 Å². The van der Waals surface area contributed by atoms with E-state index >= 15 is 0 Å². The van der Waals surface area contributed by atoms with Gasteiger partial charge in [-0.1, -0.05) is 26.0 Å². The monoisotopic (exact) mass is 417 g/mol. The van der Waals surface area contributed by atoms with Gasteiger partial charge in [-0.15, -0.1) is 36.2 Å². The molecule has 146 valence electrons. The maximum atomic E-state index is 12.9. The lowest BCUT2D eigenvalue weighted by molar-refractivity contribution is -0.131. The maximum absolute atomic E-state index is 12.9. The van der Waals surface area contributed by atoms with Crippen LogP contribution in [-0.4, -0.2) is 23.5 Å². The number of aromatic nitrogens is 1. The highest BCUT2D eigenvalue weighted by molar-refractivity contribution is 7.18. The second-order valence-corrected chi connectivity index (χ2v) is 8.07. The van der Waals surface area contributed by atoms with E-state index in [4.69, 9.17) is 10.7 Å². The van der Waals surface area contributed by atoms with Crippen molar-refractivity contribution in [3.8, 4) is 0 Å². The first-order chi connectivity index (χ1) is 11.6. The van der Waals surface area contributed by atoms with Gasteiger partial charge in [0.25, 0.3) is 0 Å². The predicted molar refractivity (Wildman–Crippen MR) is 115 cm³/mol. The Bertz CT molecular complexity index is 681. The summed E-state index contributed by atoms with van der Waals surface area (Å²) in [6.45, 7) is 4.78. The predicted octanol–water partition coefficient (Wildman–Crippen LogP) is 4.34. The van der Waals surface area contributed by atoms with Gasteiger partial charge in [0, 0.05) is 19.0 Å². The molecule has 1 atom stereocenters. The summed E-state index contributed by atoms with van der Waals surface area (Å²) in [5.74, 6) is 0.732. The van der Waals surface area contributed by atoms with Crippen molar-refractivity contribution >= 4 is 52.3 Å². The topological polar surface area (TPSA) is 68.0 Å². The van der Waals surface area contributed by atoms with Gasteiger partial charge >= 0.3 is 0 Å². The van der Waals surface area contributed by atoms with Crippen molar-refractivity contribution in [1.82, 2.24) is 10.3 Å². The lowest BCUT2D eigenvalue weighted by Crippen LogP contribution is -2.46. The Hall–Kier alpha value is -0.880. The van der Waals surface area contributed by atoms with Gasteiger partial charge < -0.3 is 11.1 Å². The van der Waals surface area contributed by atoms with Crippen molar-refractivity contribution < 1.29 is 4.79 Å². The Kier molecular flexibility index (Phi) is 8.80. The number of rotatable bonds is 8. The number of nitrogens with zero attached hydrogens (tertiary/aromatic N) is 1. The fourth-order valence-corrected chi connectivity index (χ4v) is 4.39. The van der Waals surface area contributed by atoms with E-state index in [0.29, 0.717) is 18.9 Å². The van der Waals surface area contributed by atoms with Crippen LogP contribution in [0.5, 0.6) is 0 Å². The average molecular weight is 418 g/mol. The Morgan fingerprint density at radius 2 is 1.96 bits per heavy atom. The zero-order valence-corrected chi connectivity index (χ0v) is 17.8. The SMILES string of the molecule is CCC(CC)(Cc1nc2ccccc2s1)C(=O)NCC(N)C1CC1.Cl.Cl. The lowest BCUT2D eigenvalue weighted by atomic mass is 9.78. The third-order valence-electron chi connectivity index (χ3n) is 5.39. The zero-order chi connectivity index (χ0) is 17.2. The normalized spacial score (nSPS) is 15.0. The van der Waals surface area contributed by atoms with Crippen LogP contribution in [0.15, 0.2) is 24.3 Å². The van der Waals surface area contributed by atoms with Gasteiger partial charge in [-0.3, -0.25) is 4.79 Å². The van der Waals surface area contributed by atoms with Crippen molar-refractivity contribution in [2.24, 2.45) is 17.1 Å². The number of fused-ring (bicyclic) bond motifs is 1. The molecular formula is C19H29Cl2N3OS. The molecule has 0 radical (unpaired) electrons. The summed E-state index contributed by atoms with van der Waals surface area (Å²) in [5.41, 5.74) is 6.76. The molecule has 4 nitrogen and oxygen atoms in total. The van der Waals surface area contributed by atoms with Gasteiger partial charge in [-0.25, -0.2) is 4.98 Å². The van der Waals surface area contributed by atoms with E-state index < -0.39 is 5.41 Å². The first-order valence-electron chi connectivity index (χ1n) is 8.96. The molecule has 1 unspecified atom stereocenters. The van der Waals surface area contributed by atoms with Crippen LogP contribution in [0.3, 0.4) is 0 Å². The molecule has 1 aliphatic carbocycles. The standard InChI is InChI=1S/C19H27N3OS.2ClH/c1-3-19(4-2,18(23)21-12-14(20)13-9-10-13)11-17-22-15-7-5-6-8-16(15)24-17;;/h5-8,13-14H,3-4,9-12,20H2,1-2H3,(H,21,23);2*1H. The molecule has 7 heteroatoms. The van der Waals surface area contributed by atoms with Crippen LogP contribution >= 0.6 is 36.2 Å². The Morgan fingerprint density at radius 1 is 1.31 bits per heavy atom. The number of nitrogens with two attached hydrogens (primary N) is 1. The van der Waals surface area contributed by atoms with Crippen molar-refractivity contribution in [3.63, 3.8) is 0 Å². The van der Waals surface area contributed by atoms with Crippen molar-refractivity contribution in [1.29, 1.82) is 0 Å². The number of halogens is 2. The van der Waals surface area contributed by atoms with Crippen molar-refractivity contribution in [2.45, 2.75) is 52.0 Å². The van der Waals surface area contributed by atoms with Crippen molar-refractivity contribution in [3.05, 3.63) is 29.3 Å². The molecule has 26 heavy (non-hydrogen) atoms. The van der Waals surface area contributed by atoms with Gasteiger partial charge in [0.15, 0.2) is 0 Å². The van der Waals surface area contributed by atoms with Crippen LogP contribution in [-0.2, 0) is 11.2 Å². The van der Waals surface area contributed by atoms with E-state index in [1.165, 1.54) is 17.5 Å². The molecule has 1 fully saturated rings. The summed E-state index contributed by atoms with van der Waals surface area (Å²) < 4.78 is 1.18. The largest absolute Gasteiger partial charge is 0.354 e. The summed E-state index contributed by atoms with van der Waals surface area (Å²) in [6.07, 6.45) is 4.72. The first-order valence-corrected chi connectivity index (χ1v) is 9.78. The maximum Gasteiger partial charge on any atom is 0.226 e. The number of para-hydroxylation sites is 1. The van der Waals surface area contributed by atoms with Crippen LogP contribution in [0.4, 0.5) is 0 Å². The lowest BCUT2D eigenvalue weighted by Gasteiger charge is -2.30. The highest BCUT2D eigenvalue weighted by Crippen LogP contribution is 2.35. The highest BCUT2D eigenvalue weighted by atomic mass is 35.5. The zero-order valence-electron chi connectivity index (χ0n) is 15.4. The van der Waals surface area contributed by atoms with Crippen LogP contribution < -0.4 is 11.1 Å². The van der Waals surface area contributed by atoms with Crippen molar-refractivity contribution in [2.75, 3.05) is 6.54 Å². The molecule has 0 spiro atoms.